The summed E-state index contributed by atoms with van der Waals surface area (Å²) in [5.74, 6) is 0.307. The maximum absolute atomic E-state index is 12.3. The van der Waals surface area contributed by atoms with Gasteiger partial charge in [-0.3, -0.25) is 4.79 Å². The van der Waals surface area contributed by atoms with E-state index in [1.165, 1.54) is 13.0 Å². The van der Waals surface area contributed by atoms with Crippen LogP contribution in [0.1, 0.15) is 39.0 Å². The standard InChI is InChI=1S/C14H27N3O/c1-3-9-17-10-6-12(7-11-17)16(2)14(18)13-5-4-8-15-13/h12-13,15H,3-11H2,1-2H3. The zero-order chi connectivity index (χ0) is 13.0. The van der Waals surface area contributed by atoms with Gasteiger partial charge in [-0.05, 0) is 45.2 Å². The van der Waals surface area contributed by atoms with Gasteiger partial charge in [-0.25, -0.2) is 0 Å². The first-order chi connectivity index (χ1) is 8.72. The number of rotatable bonds is 4. The van der Waals surface area contributed by atoms with E-state index in [0.29, 0.717) is 11.9 Å². The zero-order valence-corrected chi connectivity index (χ0v) is 11.8. The molecule has 0 spiro atoms. The zero-order valence-electron chi connectivity index (χ0n) is 11.8. The fourth-order valence-electron chi connectivity index (χ4n) is 3.17. The largest absolute Gasteiger partial charge is 0.341 e. The maximum atomic E-state index is 12.3. The van der Waals surface area contributed by atoms with Gasteiger partial charge in [0.1, 0.15) is 0 Å². The number of amides is 1. The van der Waals surface area contributed by atoms with Gasteiger partial charge in [-0.15, -0.1) is 0 Å². The first kappa shape index (κ1) is 13.8. The Morgan fingerprint density at radius 2 is 2.06 bits per heavy atom. The number of hydrogen-bond donors (Lipinski definition) is 1. The summed E-state index contributed by atoms with van der Waals surface area (Å²) < 4.78 is 0. The summed E-state index contributed by atoms with van der Waals surface area (Å²) in [6.45, 7) is 6.73. The van der Waals surface area contributed by atoms with Gasteiger partial charge in [0.2, 0.25) is 5.91 Å². The lowest BCUT2D eigenvalue weighted by Gasteiger charge is -2.37. The van der Waals surface area contributed by atoms with Gasteiger partial charge in [0.25, 0.3) is 0 Å². The number of piperidine rings is 1. The highest BCUT2D eigenvalue weighted by atomic mass is 16.2. The van der Waals surface area contributed by atoms with Crippen molar-refractivity contribution in [3.05, 3.63) is 0 Å². The van der Waals surface area contributed by atoms with Gasteiger partial charge in [0, 0.05) is 26.2 Å². The number of carbonyl (C=O) groups excluding carboxylic acids is 1. The smallest absolute Gasteiger partial charge is 0.239 e. The van der Waals surface area contributed by atoms with Crippen LogP contribution >= 0.6 is 0 Å². The number of likely N-dealkylation sites (tertiary alicyclic amines) is 1. The van der Waals surface area contributed by atoms with Crippen LogP contribution in [0.3, 0.4) is 0 Å². The molecule has 4 nitrogen and oxygen atoms in total. The second kappa shape index (κ2) is 6.53. The highest BCUT2D eigenvalue weighted by Crippen LogP contribution is 2.18. The summed E-state index contributed by atoms with van der Waals surface area (Å²) in [5.41, 5.74) is 0. The Hall–Kier alpha value is -0.610. The molecule has 0 bridgehead atoms. The Balaban J connectivity index is 1.79. The van der Waals surface area contributed by atoms with Crippen LogP contribution in [-0.4, -0.2) is 61.0 Å². The van der Waals surface area contributed by atoms with Crippen molar-refractivity contribution in [1.29, 1.82) is 0 Å². The third-order valence-electron chi connectivity index (χ3n) is 4.35. The molecule has 104 valence electrons. The maximum Gasteiger partial charge on any atom is 0.239 e. The Labute approximate surface area is 111 Å². The summed E-state index contributed by atoms with van der Waals surface area (Å²) in [5, 5.41) is 3.30. The summed E-state index contributed by atoms with van der Waals surface area (Å²) in [6.07, 6.45) is 5.65. The van der Waals surface area contributed by atoms with Gasteiger partial charge in [0.05, 0.1) is 6.04 Å². The molecule has 1 N–H and O–H groups in total. The Kier molecular flexibility index (Phi) is 5.01. The topological polar surface area (TPSA) is 35.6 Å². The molecule has 1 unspecified atom stereocenters. The lowest BCUT2D eigenvalue weighted by atomic mass is 10.0. The molecule has 2 fully saturated rings. The van der Waals surface area contributed by atoms with E-state index in [2.05, 4.69) is 17.1 Å². The number of likely N-dealkylation sites (N-methyl/N-ethyl adjacent to an activating group) is 1. The van der Waals surface area contributed by atoms with E-state index in [-0.39, 0.29) is 6.04 Å². The van der Waals surface area contributed by atoms with Crippen molar-refractivity contribution in [2.75, 3.05) is 33.2 Å². The van der Waals surface area contributed by atoms with Crippen molar-refractivity contribution in [3.8, 4) is 0 Å². The number of nitrogens with one attached hydrogen (secondary N) is 1. The molecule has 1 atom stereocenters. The number of carbonyl (C=O) groups is 1. The Morgan fingerprint density at radius 3 is 2.61 bits per heavy atom. The quantitative estimate of drug-likeness (QED) is 0.814. The minimum Gasteiger partial charge on any atom is -0.341 e. The SMILES string of the molecule is CCCN1CCC(N(C)C(=O)C2CCCN2)CC1. The fourth-order valence-corrected chi connectivity index (χ4v) is 3.17. The van der Waals surface area contributed by atoms with E-state index in [9.17, 15) is 4.79 Å². The van der Waals surface area contributed by atoms with Crippen LogP contribution in [0.15, 0.2) is 0 Å². The summed E-state index contributed by atoms with van der Waals surface area (Å²) >= 11 is 0. The van der Waals surface area contributed by atoms with Crippen LogP contribution in [0.2, 0.25) is 0 Å². The molecule has 2 heterocycles. The molecule has 2 rings (SSSR count). The van der Waals surface area contributed by atoms with Gasteiger partial charge < -0.3 is 15.1 Å². The lowest BCUT2D eigenvalue weighted by Crippen LogP contribution is -2.50. The molecule has 0 aromatic heterocycles. The molecule has 1 amide bonds. The van der Waals surface area contributed by atoms with Gasteiger partial charge in [0.15, 0.2) is 0 Å². The van der Waals surface area contributed by atoms with Crippen molar-refractivity contribution in [2.24, 2.45) is 0 Å². The van der Waals surface area contributed by atoms with Crippen molar-refractivity contribution >= 4 is 5.91 Å². The third kappa shape index (κ3) is 3.23. The minimum absolute atomic E-state index is 0.0867. The number of nitrogens with zero attached hydrogens (tertiary/aromatic N) is 2. The van der Waals surface area contributed by atoms with E-state index in [1.807, 2.05) is 11.9 Å². The van der Waals surface area contributed by atoms with Crippen LogP contribution in [-0.2, 0) is 4.79 Å². The van der Waals surface area contributed by atoms with E-state index >= 15 is 0 Å². The third-order valence-corrected chi connectivity index (χ3v) is 4.35. The van der Waals surface area contributed by atoms with Crippen molar-refractivity contribution < 1.29 is 4.79 Å². The van der Waals surface area contributed by atoms with Gasteiger partial charge in [-0.1, -0.05) is 6.92 Å². The second-order valence-electron chi connectivity index (χ2n) is 5.67. The minimum atomic E-state index is 0.0867. The fraction of sp³-hybridized carbons (Fsp3) is 0.929. The average Bonchev–Trinajstić information content (AvgIpc) is 2.92. The van der Waals surface area contributed by atoms with Crippen LogP contribution in [0.5, 0.6) is 0 Å². The van der Waals surface area contributed by atoms with Crippen molar-refractivity contribution in [2.45, 2.75) is 51.1 Å². The molecular formula is C14H27N3O. The first-order valence-corrected chi connectivity index (χ1v) is 7.44. The van der Waals surface area contributed by atoms with E-state index < -0.39 is 0 Å². The normalized spacial score (nSPS) is 26.4. The van der Waals surface area contributed by atoms with Crippen LogP contribution in [0.4, 0.5) is 0 Å². The van der Waals surface area contributed by atoms with Gasteiger partial charge >= 0.3 is 0 Å². The van der Waals surface area contributed by atoms with Crippen molar-refractivity contribution in [1.82, 2.24) is 15.1 Å². The molecule has 2 saturated heterocycles. The highest BCUT2D eigenvalue weighted by molar-refractivity contribution is 5.82. The van der Waals surface area contributed by atoms with E-state index in [1.54, 1.807) is 0 Å². The van der Waals surface area contributed by atoms with E-state index in [4.69, 9.17) is 0 Å². The summed E-state index contributed by atoms with van der Waals surface area (Å²) in [6, 6.07) is 0.539. The molecular weight excluding hydrogens is 226 g/mol. The molecule has 2 aliphatic heterocycles. The molecule has 0 aliphatic carbocycles. The van der Waals surface area contributed by atoms with Crippen LogP contribution < -0.4 is 5.32 Å². The summed E-state index contributed by atoms with van der Waals surface area (Å²) in [4.78, 5) is 16.8. The second-order valence-corrected chi connectivity index (χ2v) is 5.67. The predicted octanol–water partition coefficient (Wildman–Crippen LogP) is 1.07. The molecule has 0 aromatic rings. The lowest BCUT2D eigenvalue weighted by molar-refractivity contribution is -0.134. The molecule has 2 aliphatic rings. The van der Waals surface area contributed by atoms with E-state index in [0.717, 1.165) is 45.3 Å². The molecule has 18 heavy (non-hydrogen) atoms. The molecule has 0 aromatic carbocycles. The van der Waals surface area contributed by atoms with Crippen LogP contribution in [0, 0.1) is 0 Å². The van der Waals surface area contributed by atoms with Crippen molar-refractivity contribution in [3.63, 3.8) is 0 Å². The highest BCUT2D eigenvalue weighted by Gasteiger charge is 2.30. The predicted molar refractivity (Wildman–Crippen MR) is 73.5 cm³/mol. The first-order valence-electron chi connectivity index (χ1n) is 7.44. The number of hydrogen-bond acceptors (Lipinski definition) is 3. The molecule has 0 saturated carbocycles. The average molecular weight is 253 g/mol. The monoisotopic (exact) mass is 253 g/mol. The molecule has 0 radical (unpaired) electrons. The van der Waals surface area contributed by atoms with Crippen LogP contribution in [0.25, 0.3) is 0 Å². The van der Waals surface area contributed by atoms with Gasteiger partial charge in [-0.2, -0.15) is 0 Å². The summed E-state index contributed by atoms with van der Waals surface area (Å²) in [7, 11) is 1.99. The Morgan fingerprint density at radius 1 is 1.33 bits per heavy atom. The molecule has 4 heteroatoms. The Bertz CT molecular complexity index is 268.